The SMILES string of the molecule is COc1ccc(CCNC(=O)CCCCn2c(=S)[nH]c3ccsc3c2=O)cc1OC. The number of nitrogens with one attached hydrogen (secondary N) is 2. The summed E-state index contributed by atoms with van der Waals surface area (Å²) >= 11 is 6.69. The van der Waals surface area contributed by atoms with Gasteiger partial charge in [0.1, 0.15) is 4.70 Å². The minimum Gasteiger partial charge on any atom is -0.493 e. The third-order valence-corrected chi connectivity index (χ3v) is 6.04. The molecule has 0 saturated carbocycles. The van der Waals surface area contributed by atoms with Crippen LogP contribution in [0.25, 0.3) is 10.2 Å². The number of H-pyrrole nitrogens is 1. The number of carbonyl (C=O) groups is 1. The van der Waals surface area contributed by atoms with E-state index in [0.717, 1.165) is 11.1 Å². The Labute approximate surface area is 183 Å². The molecule has 9 heteroatoms. The predicted molar refractivity (Wildman–Crippen MR) is 121 cm³/mol. The maximum absolute atomic E-state index is 12.5. The summed E-state index contributed by atoms with van der Waals surface area (Å²) in [6, 6.07) is 7.58. The summed E-state index contributed by atoms with van der Waals surface area (Å²) in [5, 5.41) is 4.80. The summed E-state index contributed by atoms with van der Waals surface area (Å²) in [6.07, 6.45) is 2.51. The fourth-order valence-corrected chi connectivity index (χ4v) is 4.28. The van der Waals surface area contributed by atoms with Gasteiger partial charge < -0.3 is 19.8 Å². The Morgan fingerprint density at radius 3 is 2.77 bits per heavy atom. The van der Waals surface area contributed by atoms with Crippen molar-refractivity contribution in [1.82, 2.24) is 14.9 Å². The van der Waals surface area contributed by atoms with Crippen molar-refractivity contribution in [2.45, 2.75) is 32.2 Å². The van der Waals surface area contributed by atoms with Crippen LogP contribution in [0.15, 0.2) is 34.4 Å². The van der Waals surface area contributed by atoms with Crippen LogP contribution in [0.2, 0.25) is 0 Å². The van der Waals surface area contributed by atoms with Gasteiger partial charge in [-0.15, -0.1) is 11.3 Å². The maximum atomic E-state index is 12.5. The van der Waals surface area contributed by atoms with E-state index in [1.165, 1.54) is 11.3 Å². The number of hydrogen-bond donors (Lipinski definition) is 2. The largest absolute Gasteiger partial charge is 0.493 e. The van der Waals surface area contributed by atoms with E-state index in [4.69, 9.17) is 21.7 Å². The maximum Gasteiger partial charge on any atom is 0.272 e. The van der Waals surface area contributed by atoms with Crippen molar-refractivity contribution in [2.24, 2.45) is 0 Å². The van der Waals surface area contributed by atoms with Crippen LogP contribution >= 0.6 is 23.6 Å². The summed E-state index contributed by atoms with van der Waals surface area (Å²) < 4.78 is 13.2. The smallest absolute Gasteiger partial charge is 0.272 e. The zero-order valence-corrected chi connectivity index (χ0v) is 18.7. The van der Waals surface area contributed by atoms with Crippen LogP contribution in [0.5, 0.6) is 11.5 Å². The molecule has 2 aromatic heterocycles. The van der Waals surface area contributed by atoms with Gasteiger partial charge in [0, 0.05) is 19.5 Å². The van der Waals surface area contributed by atoms with Crippen molar-refractivity contribution in [3.8, 4) is 11.5 Å². The Balaban J connectivity index is 1.42. The van der Waals surface area contributed by atoms with E-state index in [-0.39, 0.29) is 11.5 Å². The molecule has 0 aliphatic heterocycles. The molecule has 0 aliphatic carbocycles. The highest BCUT2D eigenvalue weighted by atomic mass is 32.1. The number of benzene rings is 1. The van der Waals surface area contributed by atoms with E-state index in [0.29, 0.717) is 59.7 Å². The van der Waals surface area contributed by atoms with Gasteiger partial charge in [-0.25, -0.2) is 0 Å². The number of nitrogens with zero attached hydrogens (tertiary/aromatic N) is 1. The first-order chi connectivity index (χ1) is 14.5. The predicted octanol–water partition coefficient (Wildman–Crippen LogP) is 3.67. The number of methoxy groups -OCH3 is 2. The van der Waals surface area contributed by atoms with Gasteiger partial charge in [0.2, 0.25) is 5.91 Å². The number of unbranched alkanes of at least 4 members (excludes halogenated alkanes) is 1. The van der Waals surface area contributed by atoms with Gasteiger partial charge in [0.05, 0.1) is 19.7 Å². The lowest BCUT2D eigenvalue weighted by Crippen LogP contribution is -2.25. The first-order valence-corrected chi connectivity index (χ1v) is 11.0. The number of ether oxygens (including phenoxy) is 2. The Bertz CT molecular complexity index is 1130. The van der Waals surface area contributed by atoms with Gasteiger partial charge in [0.15, 0.2) is 16.3 Å². The van der Waals surface area contributed by atoms with Gasteiger partial charge in [-0.05, 0) is 60.6 Å². The molecule has 3 rings (SSSR count). The highest BCUT2D eigenvalue weighted by Crippen LogP contribution is 2.27. The molecular weight excluding hydrogens is 422 g/mol. The minimum absolute atomic E-state index is 0.00157. The summed E-state index contributed by atoms with van der Waals surface area (Å²) in [5.41, 5.74) is 1.77. The number of aromatic nitrogens is 2. The van der Waals surface area contributed by atoms with Crippen LogP contribution in [0.1, 0.15) is 24.8 Å². The van der Waals surface area contributed by atoms with Gasteiger partial charge in [0.25, 0.3) is 5.56 Å². The molecule has 0 bridgehead atoms. The monoisotopic (exact) mass is 447 g/mol. The Kier molecular flexibility index (Phi) is 7.64. The molecule has 1 aromatic carbocycles. The summed E-state index contributed by atoms with van der Waals surface area (Å²) in [4.78, 5) is 27.7. The van der Waals surface area contributed by atoms with Crippen molar-refractivity contribution >= 4 is 39.7 Å². The molecule has 0 unspecified atom stereocenters. The van der Waals surface area contributed by atoms with Crippen molar-refractivity contribution in [3.05, 3.63) is 50.3 Å². The Morgan fingerprint density at radius 2 is 2.00 bits per heavy atom. The fourth-order valence-electron chi connectivity index (χ4n) is 3.20. The summed E-state index contributed by atoms with van der Waals surface area (Å²) in [5.74, 6) is 1.36. The average Bonchev–Trinajstić information content (AvgIpc) is 3.21. The second-order valence-corrected chi connectivity index (χ2v) is 8.10. The number of rotatable bonds is 10. The molecule has 0 saturated heterocycles. The van der Waals surface area contributed by atoms with E-state index in [9.17, 15) is 9.59 Å². The molecule has 3 aromatic rings. The van der Waals surface area contributed by atoms with Crippen LogP contribution in [0.3, 0.4) is 0 Å². The van der Waals surface area contributed by atoms with Gasteiger partial charge >= 0.3 is 0 Å². The number of aromatic amines is 1. The molecule has 0 aliphatic rings. The molecule has 2 N–H and O–H groups in total. The quantitative estimate of drug-likeness (QED) is 0.366. The molecule has 30 heavy (non-hydrogen) atoms. The van der Waals surface area contributed by atoms with E-state index >= 15 is 0 Å². The number of thiophene rings is 1. The third kappa shape index (κ3) is 5.28. The number of fused-ring (bicyclic) bond motifs is 1. The minimum atomic E-state index is -0.0666. The van der Waals surface area contributed by atoms with Crippen LogP contribution in [-0.2, 0) is 17.8 Å². The summed E-state index contributed by atoms with van der Waals surface area (Å²) in [7, 11) is 3.20. The van der Waals surface area contributed by atoms with Crippen LogP contribution in [0, 0.1) is 4.77 Å². The molecule has 7 nitrogen and oxygen atoms in total. The fraction of sp³-hybridized carbons (Fsp3) is 0.381. The van der Waals surface area contributed by atoms with Crippen molar-refractivity contribution in [1.29, 1.82) is 0 Å². The zero-order chi connectivity index (χ0) is 21.5. The van der Waals surface area contributed by atoms with Crippen molar-refractivity contribution in [2.75, 3.05) is 20.8 Å². The topological polar surface area (TPSA) is 85.4 Å². The molecule has 0 fully saturated rings. The second kappa shape index (κ2) is 10.4. The normalized spacial score (nSPS) is 10.9. The van der Waals surface area contributed by atoms with Crippen molar-refractivity contribution in [3.63, 3.8) is 0 Å². The number of carbonyl (C=O) groups excluding carboxylic acids is 1. The zero-order valence-electron chi connectivity index (χ0n) is 17.0. The molecule has 0 spiro atoms. The van der Waals surface area contributed by atoms with E-state index in [1.807, 2.05) is 29.6 Å². The van der Waals surface area contributed by atoms with Crippen molar-refractivity contribution < 1.29 is 14.3 Å². The standard InChI is InChI=1S/C21H25N3O4S2/c1-27-16-7-6-14(13-17(16)28-2)8-10-22-18(25)5-3-4-11-24-20(26)19-15(9-12-30-19)23-21(24)29/h6-7,9,12-13H,3-5,8,10-11H2,1-2H3,(H,22,25)(H,23,29). The van der Waals surface area contributed by atoms with Crippen LogP contribution in [-0.4, -0.2) is 36.2 Å². The number of hydrogen-bond acceptors (Lipinski definition) is 6. The van der Waals surface area contributed by atoms with Gasteiger partial charge in [-0.1, -0.05) is 6.07 Å². The average molecular weight is 448 g/mol. The summed E-state index contributed by atoms with van der Waals surface area (Å²) in [6.45, 7) is 1.05. The van der Waals surface area contributed by atoms with Gasteiger partial charge in [-0.2, -0.15) is 0 Å². The van der Waals surface area contributed by atoms with E-state index in [1.54, 1.807) is 18.8 Å². The third-order valence-electron chi connectivity index (χ3n) is 4.81. The molecular formula is C21H25N3O4S2. The molecule has 2 heterocycles. The first kappa shape index (κ1) is 22.0. The van der Waals surface area contributed by atoms with E-state index in [2.05, 4.69) is 10.3 Å². The lowest BCUT2D eigenvalue weighted by Gasteiger charge is -2.10. The van der Waals surface area contributed by atoms with Crippen LogP contribution in [0.4, 0.5) is 0 Å². The van der Waals surface area contributed by atoms with E-state index < -0.39 is 0 Å². The molecule has 160 valence electrons. The highest BCUT2D eigenvalue weighted by molar-refractivity contribution is 7.71. The molecule has 1 amide bonds. The first-order valence-electron chi connectivity index (χ1n) is 9.71. The lowest BCUT2D eigenvalue weighted by molar-refractivity contribution is -0.121. The Hall–Kier alpha value is -2.65. The van der Waals surface area contributed by atoms with Crippen LogP contribution < -0.4 is 20.3 Å². The highest BCUT2D eigenvalue weighted by Gasteiger charge is 2.08. The second-order valence-electron chi connectivity index (χ2n) is 6.80. The Morgan fingerprint density at radius 1 is 1.20 bits per heavy atom. The molecule has 0 atom stereocenters. The lowest BCUT2D eigenvalue weighted by atomic mass is 10.1. The van der Waals surface area contributed by atoms with Gasteiger partial charge in [-0.3, -0.25) is 14.2 Å². The number of amides is 1. The molecule has 0 radical (unpaired) electrons.